The predicted molar refractivity (Wildman–Crippen MR) is 73.0 cm³/mol. The third kappa shape index (κ3) is 3.74. The number of amides is 1. The number of carbonyl (C=O) groups excluding carboxylic acids is 1. The summed E-state index contributed by atoms with van der Waals surface area (Å²) in [5, 5.41) is 2.99. The number of nitrogen functional groups attached to an aromatic ring is 1. The molecule has 98 valence electrons. The van der Waals surface area contributed by atoms with Gasteiger partial charge in [0, 0.05) is 38.3 Å². The third-order valence-electron chi connectivity index (χ3n) is 3.38. The van der Waals surface area contributed by atoms with Crippen molar-refractivity contribution in [3.8, 4) is 0 Å². The van der Waals surface area contributed by atoms with Crippen LogP contribution in [0.5, 0.6) is 0 Å². The number of carbonyl (C=O) groups is 1. The second-order valence-electron chi connectivity index (χ2n) is 4.99. The third-order valence-corrected chi connectivity index (χ3v) is 3.38. The molecule has 3 N–H and O–H groups in total. The van der Waals surface area contributed by atoms with Crippen LogP contribution in [0.4, 0.5) is 5.69 Å². The molecular formula is C14H21N3O. The Bertz CT molecular complexity index is 394. The average molecular weight is 247 g/mol. The van der Waals surface area contributed by atoms with Gasteiger partial charge >= 0.3 is 0 Å². The maximum atomic E-state index is 11.0. The maximum Gasteiger partial charge on any atom is 0.217 e. The maximum absolute atomic E-state index is 11.0. The lowest BCUT2D eigenvalue weighted by Crippen LogP contribution is -2.43. The fraction of sp³-hybridized carbons (Fsp3) is 0.500. The summed E-state index contributed by atoms with van der Waals surface area (Å²) >= 11 is 0. The van der Waals surface area contributed by atoms with Crippen molar-refractivity contribution in [2.75, 3.05) is 18.8 Å². The summed E-state index contributed by atoms with van der Waals surface area (Å²) in [6.07, 6.45) is 2.07. The monoisotopic (exact) mass is 247 g/mol. The van der Waals surface area contributed by atoms with E-state index in [2.05, 4.69) is 22.3 Å². The summed E-state index contributed by atoms with van der Waals surface area (Å²) in [5.74, 6) is 0.0759. The molecular weight excluding hydrogens is 226 g/mol. The van der Waals surface area contributed by atoms with Crippen LogP contribution in [0.2, 0.25) is 0 Å². The number of rotatable bonds is 3. The zero-order chi connectivity index (χ0) is 13.0. The van der Waals surface area contributed by atoms with E-state index in [1.807, 2.05) is 12.1 Å². The molecule has 0 aliphatic carbocycles. The minimum absolute atomic E-state index is 0.0759. The smallest absolute Gasteiger partial charge is 0.217 e. The van der Waals surface area contributed by atoms with Crippen molar-refractivity contribution in [1.82, 2.24) is 10.2 Å². The number of hydrogen-bond donors (Lipinski definition) is 2. The lowest BCUT2D eigenvalue weighted by Gasteiger charge is -2.32. The fourth-order valence-corrected chi connectivity index (χ4v) is 2.40. The van der Waals surface area contributed by atoms with Gasteiger partial charge in [0.05, 0.1) is 0 Å². The molecule has 0 saturated carbocycles. The molecule has 1 aliphatic rings. The van der Waals surface area contributed by atoms with Crippen molar-refractivity contribution in [2.24, 2.45) is 0 Å². The van der Waals surface area contributed by atoms with Gasteiger partial charge in [-0.2, -0.15) is 0 Å². The molecule has 1 fully saturated rings. The Morgan fingerprint density at radius 1 is 1.33 bits per heavy atom. The van der Waals surface area contributed by atoms with Crippen molar-refractivity contribution >= 4 is 11.6 Å². The Labute approximate surface area is 108 Å². The summed E-state index contributed by atoms with van der Waals surface area (Å²) in [6, 6.07) is 8.40. The molecule has 0 atom stereocenters. The first-order chi connectivity index (χ1) is 8.63. The largest absolute Gasteiger partial charge is 0.399 e. The average Bonchev–Trinajstić information content (AvgIpc) is 2.34. The molecule has 1 aliphatic heterocycles. The highest BCUT2D eigenvalue weighted by molar-refractivity contribution is 5.73. The van der Waals surface area contributed by atoms with Crippen molar-refractivity contribution in [2.45, 2.75) is 32.4 Å². The Morgan fingerprint density at radius 3 is 2.50 bits per heavy atom. The van der Waals surface area contributed by atoms with Crippen LogP contribution in [0.25, 0.3) is 0 Å². The highest BCUT2D eigenvalue weighted by Crippen LogP contribution is 2.14. The van der Waals surface area contributed by atoms with E-state index < -0.39 is 0 Å². The molecule has 1 aromatic carbocycles. The number of hydrogen-bond acceptors (Lipinski definition) is 3. The van der Waals surface area contributed by atoms with E-state index >= 15 is 0 Å². The first kappa shape index (κ1) is 12.9. The summed E-state index contributed by atoms with van der Waals surface area (Å²) < 4.78 is 0. The minimum Gasteiger partial charge on any atom is -0.399 e. The Balaban J connectivity index is 1.79. The Hall–Kier alpha value is -1.55. The number of nitrogens with one attached hydrogen (secondary N) is 1. The van der Waals surface area contributed by atoms with E-state index in [0.29, 0.717) is 6.04 Å². The van der Waals surface area contributed by atoms with Crippen LogP contribution in [-0.4, -0.2) is 29.9 Å². The fourth-order valence-electron chi connectivity index (χ4n) is 2.40. The number of likely N-dealkylation sites (tertiary alicyclic amines) is 1. The highest BCUT2D eigenvalue weighted by Gasteiger charge is 2.19. The lowest BCUT2D eigenvalue weighted by molar-refractivity contribution is -0.119. The van der Waals surface area contributed by atoms with Crippen molar-refractivity contribution < 1.29 is 4.79 Å². The summed E-state index contributed by atoms with van der Waals surface area (Å²) in [4.78, 5) is 13.4. The van der Waals surface area contributed by atoms with E-state index in [1.165, 1.54) is 5.56 Å². The summed E-state index contributed by atoms with van der Waals surface area (Å²) in [6.45, 7) is 4.62. The van der Waals surface area contributed by atoms with Crippen molar-refractivity contribution in [3.63, 3.8) is 0 Å². The van der Waals surface area contributed by atoms with Crippen LogP contribution < -0.4 is 11.1 Å². The van der Waals surface area contributed by atoms with E-state index in [9.17, 15) is 4.79 Å². The van der Waals surface area contributed by atoms with E-state index in [0.717, 1.165) is 38.2 Å². The molecule has 2 rings (SSSR count). The molecule has 1 amide bonds. The van der Waals surface area contributed by atoms with Gasteiger partial charge in [0.2, 0.25) is 5.91 Å². The van der Waals surface area contributed by atoms with Gasteiger partial charge in [-0.05, 0) is 30.5 Å². The standard InChI is InChI=1S/C14H21N3O/c1-11(18)16-14-6-8-17(9-7-14)10-12-2-4-13(15)5-3-12/h2-5,14H,6-10,15H2,1H3,(H,16,18). The molecule has 0 aromatic heterocycles. The van der Waals surface area contributed by atoms with Crippen LogP contribution in [0.15, 0.2) is 24.3 Å². The lowest BCUT2D eigenvalue weighted by atomic mass is 10.0. The number of anilines is 1. The van der Waals surface area contributed by atoms with Crippen LogP contribution in [0.3, 0.4) is 0 Å². The summed E-state index contributed by atoms with van der Waals surface area (Å²) in [7, 11) is 0. The van der Waals surface area contributed by atoms with Gasteiger partial charge in [-0.15, -0.1) is 0 Å². The van der Waals surface area contributed by atoms with Gasteiger partial charge < -0.3 is 11.1 Å². The number of nitrogens with two attached hydrogens (primary N) is 1. The van der Waals surface area contributed by atoms with Gasteiger partial charge in [-0.25, -0.2) is 0 Å². The zero-order valence-electron chi connectivity index (χ0n) is 10.9. The van der Waals surface area contributed by atoms with Crippen LogP contribution in [-0.2, 0) is 11.3 Å². The molecule has 1 heterocycles. The molecule has 1 aromatic rings. The second-order valence-corrected chi connectivity index (χ2v) is 4.99. The molecule has 0 bridgehead atoms. The van der Waals surface area contributed by atoms with Crippen LogP contribution >= 0.6 is 0 Å². The minimum atomic E-state index is 0.0759. The SMILES string of the molecule is CC(=O)NC1CCN(Cc2ccc(N)cc2)CC1. The van der Waals surface area contributed by atoms with Crippen molar-refractivity contribution in [1.29, 1.82) is 0 Å². The molecule has 0 unspecified atom stereocenters. The topological polar surface area (TPSA) is 58.4 Å². The predicted octanol–water partition coefficient (Wildman–Crippen LogP) is 1.37. The van der Waals surface area contributed by atoms with E-state index in [1.54, 1.807) is 6.92 Å². The highest BCUT2D eigenvalue weighted by atomic mass is 16.1. The molecule has 1 saturated heterocycles. The number of benzene rings is 1. The zero-order valence-corrected chi connectivity index (χ0v) is 10.9. The van der Waals surface area contributed by atoms with E-state index in [-0.39, 0.29) is 5.91 Å². The first-order valence-electron chi connectivity index (χ1n) is 6.47. The Morgan fingerprint density at radius 2 is 1.94 bits per heavy atom. The summed E-state index contributed by atoms with van der Waals surface area (Å²) in [5.41, 5.74) is 7.77. The van der Waals surface area contributed by atoms with E-state index in [4.69, 9.17) is 5.73 Å². The molecule has 0 spiro atoms. The molecule has 4 nitrogen and oxygen atoms in total. The Kier molecular flexibility index (Phi) is 4.20. The first-order valence-corrected chi connectivity index (χ1v) is 6.47. The molecule has 4 heteroatoms. The van der Waals surface area contributed by atoms with Crippen molar-refractivity contribution in [3.05, 3.63) is 29.8 Å². The van der Waals surface area contributed by atoms with Gasteiger partial charge in [-0.3, -0.25) is 9.69 Å². The van der Waals surface area contributed by atoms with Crippen LogP contribution in [0.1, 0.15) is 25.3 Å². The van der Waals surface area contributed by atoms with Gasteiger partial charge in [0.1, 0.15) is 0 Å². The van der Waals surface area contributed by atoms with Gasteiger partial charge in [0.15, 0.2) is 0 Å². The second kappa shape index (κ2) is 5.87. The quantitative estimate of drug-likeness (QED) is 0.793. The molecule has 0 radical (unpaired) electrons. The number of nitrogens with zero attached hydrogens (tertiary/aromatic N) is 1. The van der Waals surface area contributed by atoms with Gasteiger partial charge in [0.25, 0.3) is 0 Å². The van der Waals surface area contributed by atoms with Crippen LogP contribution in [0, 0.1) is 0 Å². The van der Waals surface area contributed by atoms with Gasteiger partial charge in [-0.1, -0.05) is 12.1 Å². The molecule has 18 heavy (non-hydrogen) atoms. The normalized spacial score (nSPS) is 17.6. The number of piperidine rings is 1.